The standard InChI is InChI=1S/C17H25NS/c1-7-18-10-13-15(17(4,5)6)14-11(2)8-9-12(3)16(14)19-13/h8-9,18H,7,10H2,1-6H3. The van der Waals surface area contributed by atoms with Gasteiger partial charge in [0.15, 0.2) is 0 Å². The molecule has 0 bridgehead atoms. The first-order valence-corrected chi connectivity index (χ1v) is 7.90. The van der Waals surface area contributed by atoms with E-state index in [-0.39, 0.29) is 5.41 Å². The number of rotatable bonds is 3. The summed E-state index contributed by atoms with van der Waals surface area (Å²) in [5.74, 6) is 0. The zero-order chi connectivity index (χ0) is 14.2. The Morgan fingerprint density at radius 2 is 1.74 bits per heavy atom. The van der Waals surface area contributed by atoms with Gasteiger partial charge in [-0.25, -0.2) is 0 Å². The molecular weight excluding hydrogens is 250 g/mol. The van der Waals surface area contributed by atoms with Crippen LogP contribution in [0.25, 0.3) is 10.1 Å². The summed E-state index contributed by atoms with van der Waals surface area (Å²) in [6.45, 7) is 15.6. The van der Waals surface area contributed by atoms with Crippen LogP contribution in [0.3, 0.4) is 0 Å². The summed E-state index contributed by atoms with van der Waals surface area (Å²) >= 11 is 1.97. The van der Waals surface area contributed by atoms with Crippen molar-refractivity contribution in [1.82, 2.24) is 5.32 Å². The van der Waals surface area contributed by atoms with Gasteiger partial charge in [0.05, 0.1) is 0 Å². The van der Waals surface area contributed by atoms with E-state index in [1.165, 1.54) is 31.7 Å². The van der Waals surface area contributed by atoms with E-state index < -0.39 is 0 Å². The lowest BCUT2D eigenvalue weighted by Gasteiger charge is -2.21. The highest BCUT2D eigenvalue weighted by atomic mass is 32.1. The lowest BCUT2D eigenvalue weighted by atomic mass is 9.83. The molecule has 0 aliphatic carbocycles. The van der Waals surface area contributed by atoms with Gasteiger partial charge in [0.1, 0.15) is 0 Å². The van der Waals surface area contributed by atoms with Crippen molar-refractivity contribution in [3.05, 3.63) is 33.7 Å². The lowest BCUT2D eigenvalue weighted by molar-refractivity contribution is 0.585. The van der Waals surface area contributed by atoms with Gasteiger partial charge in [0.2, 0.25) is 0 Å². The Morgan fingerprint density at radius 3 is 2.32 bits per heavy atom. The molecule has 2 rings (SSSR count). The second-order valence-corrected chi connectivity index (χ2v) is 7.44. The molecule has 0 aliphatic rings. The molecule has 0 aliphatic heterocycles. The van der Waals surface area contributed by atoms with Crippen molar-refractivity contribution >= 4 is 21.4 Å². The molecule has 2 heteroatoms. The quantitative estimate of drug-likeness (QED) is 0.838. The summed E-state index contributed by atoms with van der Waals surface area (Å²) in [5.41, 5.74) is 4.54. The average Bonchev–Trinajstić information content (AvgIpc) is 2.71. The first-order valence-electron chi connectivity index (χ1n) is 7.09. The highest BCUT2D eigenvalue weighted by Gasteiger charge is 2.24. The maximum atomic E-state index is 3.49. The molecule has 1 nitrogen and oxygen atoms in total. The SMILES string of the molecule is CCNCc1sc2c(C)ccc(C)c2c1C(C)(C)C. The monoisotopic (exact) mass is 275 g/mol. The van der Waals surface area contributed by atoms with Gasteiger partial charge in [-0.05, 0) is 47.9 Å². The molecule has 1 aromatic heterocycles. The third kappa shape index (κ3) is 2.70. The third-order valence-corrected chi connectivity index (χ3v) is 4.93. The maximum absolute atomic E-state index is 3.49. The topological polar surface area (TPSA) is 12.0 Å². The molecule has 0 radical (unpaired) electrons. The van der Waals surface area contributed by atoms with E-state index in [9.17, 15) is 0 Å². The number of hydrogen-bond acceptors (Lipinski definition) is 2. The molecule has 1 heterocycles. The van der Waals surface area contributed by atoms with Crippen LogP contribution in [0.4, 0.5) is 0 Å². The van der Waals surface area contributed by atoms with Gasteiger partial charge in [-0.15, -0.1) is 11.3 Å². The van der Waals surface area contributed by atoms with Crippen LogP contribution in [0, 0.1) is 13.8 Å². The van der Waals surface area contributed by atoms with Crippen molar-refractivity contribution in [2.45, 2.75) is 53.5 Å². The van der Waals surface area contributed by atoms with E-state index >= 15 is 0 Å². The van der Waals surface area contributed by atoms with E-state index in [1.54, 1.807) is 0 Å². The number of benzene rings is 1. The van der Waals surface area contributed by atoms with Crippen LogP contribution in [0.1, 0.15) is 49.3 Å². The Morgan fingerprint density at radius 1 is 1.11 bits per heavy atom. The van der Waals surface area contributed by atoms with Crippen molar-refractivity contribution in [3.63, 3.8) is 0 Å². The minimum absolute atomic E-state index is 0.196. The fraction of sp³-hybridized carbons (Fsp3) is 0.529. The van der Waals surface area contributed by atoms with Crippen LogP contribution < -0.4 is 5.32 Å². The Hall–Kier alpha value is -0.860. The molecule has 104 valence electrons. The Balaban J connectivity index is 2.74. The number of hydrogen-bond donors (Lipinski definition) is 1. The normalized spacial score (nSPS) is 12.3. The van der Waals surface area contributed by atoms with Gasteiger partial charge >= 0.3 is 0 Å². The molecular formula is C17H25NS. The van der Waals surface area contributed by atoms with Crippen LogP contribution in [-0.4, -0.2) is 6.54 Å². The smallest absolute Gasteiger partial charge is 0.0381 e. The van der Waals surface area contributed by atoms with Crippen LogP contribution >= 0.6 is 11.3 Å². The summed E-state index contributed by atoms with van der Waals surface area (Å²) in [7, 11) is 0. The highest BCUT2D eigenvalue weighted by Crippen LogP contribution is 2.41. The first kappa shape index (κ1) is 14.5. The first-order chi connectivity index (χ1) is 8.86. The summed E-state index contributed by atoms with van der Waals surface area (Å²) in [4.78, 5) is 1.50. The van der Waals surface area contributed by atoms with Gasteiger partial charge in [-0.3, -0.25) is 0 Å². The minimum Gasteiger partial charge on any atom is -0.312 e. The Kier molecular flexibility index (Phi) is 4.03. The number of thiophene rings is 1. The molecule has 0 saturated carbocycles. The average molecular weight is 275 g/mol. The summed E-state index contributed by atoms with van der Waals surface area (Å²) in [6.07, 6.45) is 0. The van der Waals surface area contributed by atoms with E-state index in [0.717, 1.165) is 13.1 Å². The van der Waals surface area contributed by atoms with E-state index in [4.69, 9.17) is 0 Å². The maximum Gasteiger partial charge on any atom is 0.0381 e. The predicted octanol–water partition coefficient (Wildman–Crippen LogP) is 4.93. The Labute approximate surface area is 121 Å². The molecule has 0 unspecified atom stereocenters. The Bertz CT molecular complexity index is 587. The van der Waals surface area contributed by atoms with Gasteiger partial charge in [-0.1, -0.05) is 39.8 Å². The van der Waals surface area contributed by atoms with Crippen molar-refractivity contribution in [2.24, 2.45) is 0 Å². The number of fused-ring (bicyclic) bond motifs is 1. The molecule has 0 amide bonds. The summed E-state index contributed by atoms with van der Waals surface area (Å²) in [6, 6.07) is 4.51. The van der Waals surface area contributed by atoms with Gasteiger partial charge in [0.25, 0.3) is 0 Å². The van der Waals surface area contributed by atoms with E-state index in [0.29, 0.717) is 0 Å². The van der Waals surface area contributed by atoms with Crippen LogP contribution in [-0.2, 0) is 12.0 Å². The predicted molar refractivity (Wildman–Crippen MR) is 87.4 cm³/mol. The van der Waals surface area contributed by atoms with Crippen molar-refractivity contribution < 1.29 is 0 Å². The van der Waals surface area contributed by atoms with Gasteiger partial charge in [-0.2, -0.15) is 0 Å². The molecule has 0 spiro atoms. The van der Waals surface area contributed by atoms with E-state index in [1.807, 2.05) is 11.3 Å². The highest BCUT2D eigenvalue weighted by molar-refractivity contribution is 7.19. The van der Waals surface area contributed by atoms with Crippen LogP contribution in [0.15, 0.2) is 12.1 Å². The molecule has 0 fully saturated rings. The second-order valence-electron chi connectivity index (χ2n) is 6.33. The van der Waals surface area contributed by atoms with Crippen LogP contribution in [0.5, 0.6) is 0 Å². The van der Waals surface area contributed by atoms with Crippen molar-refractivity contribution in [3.8, 4) is 0 Å². The third-order valence-electron chi connectivity index (χ3n) is 3.60. The fourth-order valence-electron chi connectivity index (χ4n) is 2.70. The zero-order valence-corrected chi connectivity index (χ0v) is 13.8. The van der Waals surface area contributed by atoms with E-state index in [2.05, 4.69) is 59.0 Å². The van der Waals surface area contributed by atoms with Gasteiger partial charge in [0, 0.05) is 16.1 Å². The van der Waals surface area contributed by atoms with Gasteiger partial charge < -0.3 is 5.32 Å². The zero-order valence-electron chi connectivity index (χ0n) is 13.0. The molecule has 1 N–H and O–H groups in total. The number of nitrogens with one attached hydrogen (secondary N) is 1. The fourth-order valence-corrected chi connectivity index (χ4v) is 4.22. The molecule has 1 aromatic carbocycles. The molecule has 0 saturated heterocycles. The molecule has 2 aromatic rings. The second kappa shape index (κ2) is 5.26. The molecule has 19 heavy (non-hydrogen) atoms. The summed E-state index contributed by atoms with van der Waals surface area (Å²) in [5, 5.41) is 4.98. The van der Waals surface area contributed by atoms with Crippen molar-refractivity contribution in [2.75, 3.05) is 6.54 Å². The largest absolute Gasteiger partial charge is 0.312 e. The molecule has 0 atom stereocenters. The number of aryl methyl sites for hydroxylation is 2. The minimum atomic E-state index is 0.196. The van der Waals surface area contributed by atoms with Crippen molar-refractivity contribution in [1.29, 1.82) is 0 Å². The summed E-state index contributed by atoms with van der Waals surface area (Å²) < 4.78 is 1.47. The lowest BCUT2D eigenvalue weighted by Crippen LogP contribution is -2.17. The van der Waals surface area contributed by atoms with Crippen LogP contribution in [0.2, 0.25) is 0 Å².